The lowest BCUT2D eigenvalue weighted by Gasteiger charge is -2.35. The molecule has 0 spiro atoms. The highest BCUT2D eigenvalue weighted by atomic mass is 32.1. The van der Waals surface area contributed by atoms with Crippen molar-refractivity contribution in [3.63, 3.8) is 0 Å². The average molecular weight is 359 g/mol. The fourth-order valence-electron chi connectivity index (χ4n) is 3.29. The molecule has 9 heteroatoms. The van der Waals surface area contributed by atoms with Gasteiger partial charge in [-0.2, -0.15) is 4.98 Å². The van der Waals surface area contributed by atoms with Crippen LogP contribution >= 0.6 is 11.5 Å². The summed E-state index contributed by atoms with van der Waals surface area (Å²) < 4.78 is 3.86. The van der Waals surface area contributed by atoms with Crippen molar-refractivity contribution in [3.8, 4) is 0 Å². The van der Waals surface area contributed by atoms with E-state index < -0.39 is 0 Å². The molecule has 1 amide bonds. The van der Waals surface area contributed by atoms with Crippen molar-refractivity contribution in [3.05, 3.63) is 22.8 Å². The van der Waals surface area contributed by atoms with E-state index in [1.54, 1.807) is 0 Å². The first-order chi connectivity index (χ1) is 12.2. The molecule has 0 atom stereocenters. The monoisotopic (exact) mass is 359 g/mol. The molecule has 132 valence electrons. The van der Waals surface area contributed by atoms with Crippen LogP contribution in [0.2, 0.25) is 0 Å². The van der Waals surface area contributed by atoms with E-state index in [0.717, 1.165) is 37.9 Å². The van der Waals surface area contributed by atoms with Gasteiger partial charge in [0.15, 0.2) is 0 Å². The van der Waals surface area contributed by atoms with E-state index in [1.165, 1.54) is 24.4 Å². The number of carbonyl (C=O) groups excluding carboxylic acids is 1. The Bertz CT molecular complexity index is 750. The van der Waals surface area contributed by atoms with Gasteiger partial charge < -0.3 is 14.7 Å². The lowest BCUT2D eigenvalue weighted by atomic mass is 10.2. The Morgan fingerprint density at radius 3 is 2.52 bits per heavy atom. The smallest absolute Gasteiger partial charge is 0.267 e. The SMILES string of the molecule is Cc1nnsc1C(=O)N1CCN(c2ccnc(N3CCCC3)n2)CC1. The summed E-state index contributed by atoms with van der Waals surface area (Å²) in [7, 11) is 0. The van der Waals surface area contributed by atoms with Crippen LogP contribution in [0.15, 0.2) is 12.3 Å². The number of amides is 1. The standard InChI is InChI=1S/C16H21N7OS/c1-12-14(25-20-19-12)15(24)22-10-8-21(9-11-22)13-4-5-17-16(18-13)23-6-2-3-7-23/h4-5H,2-3,6-11H2,1H3. The van der Waals surface area contributed by atoms with Gasteiger partial charge in [0.25, 0.3) is 5.91 Å². The third-order valence-corrected chi connectivity index (χ3v) is 5.57. The van der Waals surface area contributed by atoms with Crippen molar-refractivity contribution in [1.29, 1.82) is 0 Å². The Morgan fingerprint density at radius 1 is 1.08 bits per heavy atom. The van der Waals surface area contributed by atoms with Gasteiger partial charge in [0.1, 0.15) is 10.7 Å². The van der Waals surface area contributed by atoms with Gasteiger partial charge in [-0.05, 0) is 37.4 Å². The maximum absolute atomic E-state index is 12.6. The molecule has 4 heterocycles. The van der Waals surface area contributed by atoms with Crippen LogP contribution in [0.4, 0.5) is 11.8 Å². The van der Waals surface area contributed by atoms with Crippen molar-refractivity contribution in [2.24, 2.45) is 0 Å². The number of hydrogen-bond acceptors (Lipinski definition) is 8. The van der Waals surface area contributed by atoms with Crippen molar-refractivity contribution in [2.45, 2.75) is 19.8 Å². The molecule has 8 nitrogen and oxygen atoms in total. The van der Waals surface area contributed by atoms with Crippen molar-refractivity contribution >= 4 is 29.2 Å². The minimum Gasteiger partial charge on any atom is -0.353 e. The lowest BCUT2D eigenvalue weighted by molar-refractivity contribution is 0.0750. The second-order valence-corrected chi connectivity index (χ2v) is 7.13. The number of aromatic nitrogens is 4. The van der Waals surface area contributed by atoms with E-state index in [1.807, 2.05) is 24.1 Å². The second kappa shape index (κ2) is 6.91. The molecule has 0 radical (unpaired) electrons. The fraction of sp³-hybridized carbons (Fsp3) is 0.562. The maximum Gasteiger partial charge on any atom is 0.267 e. The highest BCUT2D eigenvalue weighted by Crippen LogP contribution is 2.21. The zero-order chi connectivity index (χ0) is 17.2. The van der Waals surface area contributed by atoms with Crippen LogP contribution in [-0.4, -0.2) is 69.6 Å². The lowest BCUT2D eigenvalue weighted by Crippen LogP contribution is -2.49. The van der Waals surface area contributed by atoms with Crippen LogP contribution in [0.25, 0.3) is 0 Å². The Balaban J connectivity index is 1.41. The molecule has 0 N–H and O–H groups in total. The van der Waals surface area contributed by atoms with Crippen LogP contribution in [-0.2, 0) is 0 Å². The summed E-state index contributed by atoms with van der Waals surface area (Å²) in [6.07, 6.45) is 4.25. The highest BCUT2D eigenvalue weighted by molar-refractivity contribution is 7.07. The van der Waals surface area contributed by atoms with Crippen LogP contribution in [0.1, 0.15) is 28.2 Å². The summed E-state index contributed by atoms with van der Waals surface area (Å²) in [5.74, 6) is 1.80. The van der Waals surface area contributed by atoms with Crippen molar-refractivity contribution in [1.82, 2.24) is 24.5 Å². The molecule has 0 unspecified atom stereocenters. The van der Waals surface area contributed by atoms with Gasteiger partial charge in [-0.3, -0.25) is 4.79 Å². The third kappa shape index (κ3) is 3.28. The second-order valence-electron chi connectivity index (χ2n) is 6.38. The minimum atomic E-state index is 0.0348. The molecule has 0 aromatic carbocycles. The van der Waals surface area contributed by atoms with E-state index in [2.05, 4.69) is 24.4 Å². The van der Waals surface area contributed by atoms with E-state index in [4.69, 9.17) is 4.98 Å². The number of rotatable bonds is 3. The molecular weight excluding hydrogens is 338 g/mol. The molecule has 0 bridgehead atoms. The van der Waals surface area contributed by atoms with Gasteiger partial charge >= 0.3 is 0 Å². The van der Waals surface area contributed by atoms with Gasteiger partial charge in [0, 0.05) is 45.5 Å². The molecule has 0 aliphatic carbocycles. The molecule has 2 aliphatic rings. The van der Waals surface area contributed by atoms with Gasteiger partial charge in [-0.1, -0.05) is 4.49 Å². The molecule has 2 saturated heterocycles. The first-order valence-electron chi connectivity index (χ1n) is 8.63. The predicted molar refractivity (Wildman–Crippen MR) is 96.2 cm³/mol. The maximum atomic E-state index is 12.6. The summed E-state index contributed by atoms with van der Waals surface area (Å²) in [5, 5.41) is 3.93. The van der Waals surface area contributed by atoms with Crippen molar-refractivity contribution < 1.29 is 4.79 Å². The van der Waals surface area contributed by atoms with Crippen LogP contribution < -0.4 is 9.80 Å². The molecule has 2 fully saturated rings. The summed E-state index contributed by atoms with van der Waals surface area (Å²) in [4.78, 5) is 28.7. The quantitative estimate of drug-likeness (QED) is 0.815. The van der Waals surface area contributed by atoms with Crippen LogP contribution in [0.3, 0.4) is 0 Å². The Hall–Kier alpha value is -2.29. The molecular formula is C16H21N7OS. The van der Waals surface area contributed by atoms with Crippen molar-refractivity contribution in [2.75, 3.05) is 49.1 Å². The van der Waals surface area contributed by atoms with Gasteiger partial charge in [-0.15, -0.1) is 5.10 Å². The molecule has 2 aromatic rings. The zero-order valence-electron chi connectivity index (χ0n) is 14.3. The van der Waals surface area contributed by atoms with E-state index >= 15 is 0 Å². The third-order valence-electron chi connectivity index (χ3n) is 4.75. The first kappa shape index (κ1) is 16.2. The minimum absolute atomic E-state index is 0.0348. The zero-order valence-corrected chi connectivity index (χ0v) is 15.1. The van der Waals surface area contributed by atoms with E-state index in [0.29, 0.717) is 23.7 Å². The number of anilines is 2. The Kier molecular flexibility index (Phi) is 4.48. The number of nitrogens with zero attached hydrogens (tertiary/aromatic N) is 7. The number of piperazine rings is 1. The topological polar surface area (TPSA) is 78.4 Å². The molecule has 2 aliphatic heterocycles. The summed E-state index contributed by atoms with van der Waals surface area (Å²) in [6, 6.07) is 1.95. The van der Waals surface area contributed by atoms with Gasteiger partial charge in [0.2, 0.25) is 5.95 Å². The first-order valence-corrected chi connectivity index (χ1v) is 9.41. The van der Waals surface area contributed by atoms with E-state index in [9.17, 15) is 4.79 Å². The van der Waals surface area contributed by atoms with Gasteiger partial charge in [-0.25, -0.2) is 4.98 Å². The number of hydrogen-bond donors (Lipinski definition) is 0. The normalized spacial score (nSPS) is 18.0. The Morgan fingerprint density at radius 2 is 1.84 bits per heavy atom. The molecule has 0 saturated carbocycles. The van der Waals surface area contributed by atoms with Crippen LogP contribution in [0.5, 0.6) is 0 Å². The molecule has 4 rings (SSSR count). The summed E-state index contributed by atoms with van der Waals surface area (Å²) >= 11 is 1.17. The number of aryl methyl sites for hydroxylation is 1. The fourth-order valence-corrected chi connectivity index (χ4v) is 3.92. The van der Waals surface area contributed by atoms with Gasteiger partial charge in [0.05, 0.1) is 5.69 Å². The van der Waals surface area contributed by atoms with Crippen LogP contribution in [0, 0.1) is 6.92 Å². The predicted octanol–water partition coefficient (Wildman–Crippen LogP) is 1.20. The average Bonchev–Trinajstić information content (AvgIpc) is 3.33. The summed E-state index contributed by atoms with van der Waals surface area (Å²) in [5.41, 5.74) is 0.712. The number of carbonyl (C=O) groups is 1. The highest BCUT2D eigenvalue weighted by Gasteiger charge is 2.26. The molecule has 25 heavy (non-hydrogen) atoms. The van der Waals surface area contributed by atoms with E-state index in [-0.39, 0.29) is 5.91 Å². The summed E-state index contributed by atoms with van der Waals surface area (Å²) in [6.45, 7) is 6.80. The molecule has 2 aromatic heterocycles. The largest absolute Gasteiger partial charge is 0.353 e. The Labute approximate surface area is 150 Å².